The van der Waals surface area contributed by atoms with Gasteiger partial charge >= 0.3 is 0 Å². The third-order valence-electron chi connectivity index (χ3n) is 2.75. The van der Waals surface area contributed by atoms with Crippen LogP contribution in [0.3, 0.4) is 0 Å². The highest BCUT2D eigenvalue weighted by atomic mass is 79.9. The molecule has 0 bridgehead atoms. The normalized spacial score (nSPS) is 19.1. The third-order valence-corrected chi connectivity index (χ3v) is 3.16. The van der Waals surface area contributed by atoms with E-state index in [9.17, 15) is 0 Å². The molecule has 100 valence electrons. The van der Waals surface area contributed by atoms with Gasteiger partial charge in [-0.3, -0.25) is 0 Å². The van der Waals surface area contributed by atoms with E-state index in [1.165, 1.54) is 0 Å². The van der Waals surface area contributed by atoms with E-state index in [0.29, 0.717) is 11.9 Å². The second kappa shape index (κ2) is 7.66. The number of nitrogens with zero attached hydrogens (tertiary/aromatic N) is 2. The first-order chi connectivity index (χ1) is 8.84. The Hall–Kier alpha value is -0.720. The van der Waals surface area contributed by atoms with Gasteiger partial charge in [-0.15, -0.1) is 0 Å². The number of nitrogens with one attached hydrogen (secondary N) is 1. The van der Waals surface area contributed by atoms with Crippen LogP contribution in [0.4, 0.5) is 5.95 Å². The van der Waals surface area contributed by atoms with Crippen molar-refractivity contribution < 1.29 is 9.47 Å². The summed E-state index contributed by atoms with van der Waals surface area (Å²) in [5.74, 6) is 1.25. The summed E-state index contributed by atoms with van der Waals surface area (Å²) in [4.78, 5) is 8.27. The van der Waals surface area contributed by atoms with Crippen LogP contribution >= 0.6 is 15.9 Å². The lowest BCUT2D eigenvalue weighted by atomic mass is 10.1. The second-order valence-corrected chi connectivity index (χ2v) is 5.23. The molecule has 2 rings (SSSR count). The van der Waals surface area contributed by atoms with Crippen molar-refractivity contribution in [1.29, 1.82) is 0 Å². The number of rotatable bonds is 7. The lowest BCUT2D eigenvalue weighted by Crippen LogP contribution is -2.12. The topological polar surface area (TPSA) is 56.3 Å². The van der Waals surface area contributed by atoms with Crippen LogP contribution in [-0.2, 0) is 9.47 Å². The van der Waals surface area contributed by atoms with Crippen molar-refractivity contribution in [2.24, 2.45) is 5.92 Å². The van der Waals surface area contributed by atoms with Crippen LogP contribution in [0.1, 0.15) is 12.8 Å². The molecule has 0 aromatic carbocycles. The molecule has 1 N–H and O–H groups in total. The molecule has 0 saturated carbocycles. The van der Waals surface area contributed by atoms with E-state index in [0.717, 1.165) is 50.3 Å². The highest BCUT2D eigenvalue weighted by molar-refractivity contribution is 9.10. The van der Waals surface area contributed by atoms with Gasteiger partial charge in [0.25, 0.3) is 0 Å². The van der Waals surface area contributed by atoms with Crippen LogP contribution in [0.25, 0.3) is 0 Å². The predicted octanol–water partition coefficient (Wildman–Crippen LogP) is 2.09. The quantitative estimate of drug-likeness (QED) is 0.781. The number of halogens is 1. The Balaban J connectivity index is 1.49. The van der Waals surface area contributed by atoms with Gasteiger partial charge in [0.05, 0.1) is 17.7 Å². The maximum absolute atomic E-state index is 5.61. The minimum Gasteiger partial charge on any atom is -0.381 e. The van der Waals surface area contributed by atoms with E-state index in [2.05, 4.69) is 31.2 Å². The first-order valence-corrected chi connectivity index (χ1v) is 7.01. The highest BCUT2D eigenvalue weighted by Gasteiger charge is 2.14. The van der Waals surface area contributed by atoms with Crippen LogP contribution in [0.2, 0.25) is 0 Å². The van der Waals surface area contributed by atoms with Crippen LogP contribution in [-0.4, -0.2) is 42.9 Å². The predicted molar refractivity (Wildman–Crippen MR) is 72.6 cm³/mol. The Bertz CT molecular complexity index is 342. The molecule has 1 fully saturated rings. The lowest BCUT2D eigenvalue weighted by molar-refractivity contribution is 0.0897. The smallest absolute Gasteiger partial charge is 0.222 e. The number of hydrogen-bond donors (Lipinski definition) is 1. The summed E-state index contributed by atoms with van der Waals surface area (Å²) >= 11 is 3.30. The Morgan fingerprint density at radius 1 is 1.44 bits per heavy atom. The van der Waals surface area contributed by atoms with Crippen LogP contribution in [0.15, 0.2) is 16.9 Å². The van der Waals surface area contributed by atoms with Crippen molar-refractivity contribution >= 4 is 21.9 Å². The summed E-state index contributed by atoms with van der Waals surface area (Å²) in [6, 6.07) is 0. The van der Waals surface area contributed by atoms with Crippen molar-refractivity contribution in [2.45, 2.75) is 12.8 Å². The van der Waals surface area contributed by atoms with E-state index < -0.39 is 0 Å². The van der Waals surface area contributed by atoms with E-state index in [1.54, 1.807) is 12.4 Å². The highest BCUT2D eigenvalue weighted by Crippen LogP contribution is 2.12. The van der Waals surface area contributed by atoms with Gasteiger partial charge in [-0.2, -0.15) is 0 Å². The Morgan fingerprint density at radius 2 is 2.28 bits per heavy atom. The fourth-order valence-electron chi connectivity index (χ4n) is 1.74. The SMILES string of the molecule is Brc1cnc(NCCCOC[C@@H]2CCOC2)nc1. The van der Waals surface area contributed by atoms with Crippen LogP contribution in [0, 0.1) is 5.92 Å². The van der Waals surface area contributed by atoms with Crippen molar-refractivity contribution in [3.63, 3.8) is 0 Å². The summed E-state index contributed by atoms with van der Waals surface area (Å²) in [6.45, 7) is 4.14. The molecule has 1 saturated heterocycles. The largest absolute Gasteiger partial charge is 0.381 e. The average Bonchev–Trinajstić information content (AvgIpc) is 2.89. The first-order valence-electron chi connectivity index (χ1n) is 6.21. The van der Waals surface area contributed by atoms with Crippen molar-refractivity contribution in [2.75, 3.05) is 38.3 Å². The standard InChI is InChI=1S/C12H18BrN3O2/c13-11-6-15-12(16-7-11)14-3-1-4-17-8-10-2-5-18-9-10/h6-7,10H,1-5,8-9H2,(H,14,15,16)/t10-/m0/s1. The number of anilines is 1. The number of ether oxygens (including phenoxy) is 2. The molecule has 1 aliphatic rings. The zero-order chi connectivity index (χ0) is 12.6. The molecule has 0 aliphatic carbocycles. The molecule has 0 spiro atoms. The molecule has 0 amide bonds. The molecule has 2 heterocycles. The van der Waals surface area contributed by atoms with Gasteiger partial charge in [-0.05, 0) is 28.8 Å². The third kappa shape index (κ3) is 4.88. The Kier molecular flexibility index (Phi) is 5.83. The fourth-order valence-corrected chi connectivity index (χ4v) is 1.95. The van der Waals surface area contributed by atoms with E-state index in [1.807, 2.05) is 0 Å². The summed E-state index contributed by atoms with van der Waals surface area (Å²) < 4.78 is 11.8. The molecular formula is C12H18BrN3O2. The zero-order valence-corrected chi connectivity index (χ0v) is 11.9. The molecule has 0 unspecified atom stereocenters. The van der Waals surface area contributed by atoms with Gasteiger partial charge in [0.15, 0.2) is 0 Å². The monoisotopic (exact) mass is 315 g/mol. The Labute approximate surface area is 115 Å². The first kappa shape index (κ1) is 13.7. The molecule has 1 aromatic rings. The van der Waals surface area contributed by atoms with E-state index in [4.69, 9.17) is 9.47 Å². The van der Waals surface area contributed by atoms with Crippen molar-refractivity contribution in [1.82, 2.24) is 9.97 Å². The Morgan fingerprint density at radius 3 is 3.00 bits per heavy atom. The number of hydrogen-bond acceptors (Lipinski definition) is 5. The lowest BCUT2D eigenvalue weighted by Gasteiger charge is -2.09. The second-order valence-electron chi connectivity index (χ2n) is 4.31. The van der Waals surface area contributed by atoms with Crippen molar-refractivity contribution in [3.05, 3.63) is 16.9 Å². The summed E-state index contributed by atoms with van der Waals surface area (Å²) in [5, 5.41) is 3.15. The van der Waals surface area contributed by atoms with Crippen LogP contribution < -0.4 is 5.32 Å². The number of aromatic nitrogens is 2. The molecule has 6 heteroatoms. The molecule has 5 nitrogen and oxygen atoms in total. The maximum Gasteiger partial charge on any atom is 0.222 e. The average molecular weight is 316 g/mol. The van der Waals surface area contributed by atoms with E-state index >= 15 is 0 Å². The summed E-state index contributed by atoms with van der Waals surface area (Å²) in [6.07, 6.45) is 5.54. The molecule has 1 atom stereocenters. The zero-order valence-electron chi connectivity index (χ0n) is 10.3. The molecule has 18 heavy (non-hydrogen) atoms. The molecular weight excluding hydrogens is 298 g/mol. The summed E-state index contributed by atoms with van der Waals surface area (Å²) in [7, 11) is 0. The molecule has 1 aliphatic heterocycles. The van der Waals surface area contributed by atoms with Gasteiger partial charge in [0.2, 0.25) is 5.95 Å². The van der Waals surface area contributed by atoms with Gasteiger partial charge in [0.1, 0.15) is 0 Å². The molecule has 0 radical (unpaired) electrons. The van der Waals surface area contributed by atoms with Gasteiger partial charge in [-0.1, -0.05) is 0 Å². The van der Waals surface area contributed by atoms with Crippen LogP contribution in [0.5, 0.6) is 0 Å². The molecule has 1 aromatic heterocycles. The van der Waals surface area contributed by atoms with E-state index in [-0.39, 0.29) is 0 Å². The van der Waals surface area contributed by atoms with Gasteiger partial charge in [0, 0.05) is 38.1 Å². The summed E-state index contributed by atoms with van der Waals surface area (Å²) in [5.41, 5.74) is 0. The van der Waals surface area contributed by atoms with Gasteiger partial charge in [-0.25, -0.2) is 9.97 Å². The minimum absolute atomic E-state index is 0.591. The van der Waals surface area contributed by atoms with Gasteiger partial charge < -0.3 is 14.8 Å². The van der Waals surface area contributed by atoms with Crippen molar-refractivity contribution in [3.8, 4) is 0 Å². The fraction of sp³-hybridized carbons (Fsp3) is 0.667. The maximum atomic E-state index is 5.61. The minimum atomic E-state index is 0.591.